The molecule has 204 valence electrons. The highest BCUT2D eigenvalue weighted by Gasteiger charge is 2.55. The number of nitrogen functional groups attached to an aromatic ring is 1. The number of pyridine rings is 1. The summed E-state index contributed by atoms with van der Waals surface area (Å²) < 4.78 is 21.7. The number of nitriles is 1. The molecule has 3 saturated heterocycles. The van der Waals surface area contributed by atoms with Crippen LogP contribution in [0.5, 0.6) is 0 Å². The van der Waals surface area contributed by atoms with Gasteiger partial charge in [0.25, 0.3) is 0 Å². The fourth-order valence-electron chi connectivity index (χ4n) is 5.65. The molecule has 1 aromatic carbocycles. The van der Waals surface area contributed by atoms with E-state index in [2.05, 4.69) is 37.1 Å². The van der Waals surface area contributed by atoms with E-state index in [1.165, 1.54) is 0 Å². The monoisotopic (exact) mass is 587 g/mol. The zero-order valence-electron chi connectivity index (χ0n) is 22.5. The van der Waals surface area contributed by atoms with E-state index in [1.807, 2.05) is 40.9 Å². The number of nitrogens with two attached hydrogens (primary N) is 1. The summed E-state index contributed by atoms with van der Waals surface area (Å²) in [6.07, 6.45) is 1.25. The van der Waals surface area contributed by atoms with Gasteiger partial charge in [0.2, 0.25) is 0 Å². The molecule has 38 heavy (non-hydrogen) atoms. The van der Waals surface area contributed by atoms with Crippen LogP contribution in [0.2, 0.25) is 0 Å². The van der Waals surface area contributed by atoms with Crippen molar-refractivity contribution in [1.82, 2.24) is 14.8 Å². The van der Waals surface area contributed by atoms with E-state index in [-0.39, 0.29) is 36.0 Å². The third-order valence-corrected chi connectivity index (χ3v) is 8.75. The number of ether oxygens (including phenoxy) is 1. The van der Waals surface area contributed by atoms with E-state index in [9.17, 15) is 4.79 Å². The first kappa shape index (κ1) is 26.8. The van der Waals surface area contributed by atoms with Gasteiger partial charge in [0.1, 0.15) is 11.1 Å². The summed E-state index contributed by atoms with van der Waals surface area (Å²) in [5.74, 6) is 0.347. The first-order valence-corrected chi connectivity index (χ1v) is 13.8. The highest BCUT2D eigenvalue weighted by Crippen LogP contribution is 2.47. The predicted molar refractivity (Wildman–Crippen MR) is 150 cm³/mol. The van der Waals surface area contributed by atoms with Crippen LogP contribution in [-0.4, -0.2) is 78.3 Å². The maximum absolute atomic E-state index is 15.7. The second-order valence-electron chi connectivity index (χ2n) is 11.8. The van der Waals surface area contributed by atoms with Gasteiger partial charge in [-0.25, -0.2) is 14.2 Å². The van der Waals surface area contributed by atoms with E-state index in [0.717, 1.165) is 19.5 Å². The van der Waals surface area contributed by atoms with Gasteiger partial charge < -0.3 is 30.5 Å². The van der Waals surface area contributed by atoms with Gasteiger partial charge in [-0.05, 0) is 75.3 Å². The van der Waals surface area contributed by atoms with Crippen molar-refractivity contribution in [2.24, 2.45) is 5.92 Å². The number of carbonyl (C=O) groups is 1. The number of likely N-dealkylation sites (N-methyl/N-ethyl adjacent to an activating group) is 1. The molecule has 3 aliphatic heterocycles. The van der Waals surface area contributed by atoms with Gasteiger partial charge in [-0.1, -0.05) is 0 Å². The highest BCUT2D eigenvalue weighted by atomic mass is 79.9. The molecular weight excluding hydrogens is 553 g/mol. The number of hydrogen-bond donors (Lipinski definition) is 2. The third kappa shape index (κ3) is 4.62. The van der Waals surface area contributed by atoms with Crippen LogP contribution in [0.15, 0.2) is 10.5 Å². The summed E-state index contributed by atoms with van der Waals surface area (Å²) >= 11 is 3.39. The highest BCUT2D eigenvalue weighted by molar-refractivity contribution is 9.10. The number of rotatable bonds is 6. The van der Waals surface area contributed by atoms with Crippen molar-refractivity contribution in [2.45, 2.75) is 63.8 Å². The Morgan fingerprint density at radius 2 is 2.08 bits per heavy atom. The molecule has 3 atom stereocenters. The smallest absolute Gasteiger partial charge is 0.410 e. The molecular formula is C27H35BrFN7O2. The van der Waals surface area contributed by atoms with Crippen molar-refractivity contribution >= 4 is 50.1 Å². The largest absolute Gasteiger partial charge is 0.444 e. The number of amides is 1. The molecule has 3 N–H and O–H groups in total. The first-order valence-electron chi connectivity index (χ1n) is 13.0. The van der Waals surface area contributed by atoms with E-state index in [4.69, 9.17) is 20.7 Å². The van der Waals surface area contributed by atoms with Crippen LogP contribution < -0.4 is 16.0 Å². The third-order valence-electron chi connectivity index (χ3n) is 7.89. The molecule has 1 aromatic heterocycles. The SMILES string of the molecule is CN(C)C1CN(c2nc3c(F)c(Br)c(CCC#N)cc3c(N[C@@H]3[C@@H]4C[C@H]3N(C(=O)OC(C)(C)C)C4)c2N)C1. The lowest BCUT2D eigenvalue weighted by Gasteiger charge is -2.44. The van der Waals surface area contributed by atoms with Gasteiger partial charge in [0.15, 0.2) is 11.6 Å². The standard InChI is InChI=1S/C27H35BrFN7O2/c1-27(2,3)38-26(37)36-11-15-10-18(36)22(15)32-24-17-9-14(7-6-8-30)19(28)20(29)23(17)33-25(21(24)31)35-12-16(13-35)34(4)5/h9,15-16,18,22H,6-7,10-13,31H2,1-5H3,(H,32,33)/t15-,18-,22-/m1/s1. The minimum absolute atomic E-state index is 0.0246. The van der Waals surface area contributed by atoms with Crippen molar-refractivity contribution in [2.75, 3.05) is 49.7 Å². The van der Waals surface area contributed by atoms with Crippen LogP contribution in [0, 0.1) is 23.1 Å². The van der Waals surface area contributed by atoms with E-state index in [1.54, 1.807) is 4.90 Å². The van der Waals surface area contributed by atoms with E-state index in [0.29, 0.717) is 51.6 Å². The van der Waals surface area contributed by atoms with Crippen molar-refractivity contribution in [3.05, 3.63) is 21.9 Å². The number of anilines is 3. The summed E-state index contributed by atoms with van der Waals surface area (Å²) in [7, 11) is 4.07. The number of benzene rings is 1. The second kappa shape index (κ2) is 9.72. The number of nitrogens with one attached hydrogen (secondary N) is 1. The lowest BCUT2D eigenvalue weighted by molar-refractivity contribution is 0.0239. The van der Waals surface area contributed by atoms with Crippen LogP contribution >= 0.6 is 15.9 Å². The van der Waals surface area contributed by atoms with Crippen molar-refractivity contribution in [3.8, 4) is 6.07 Å². The van der Waals surface area contributed by atoms with E-state index >= 15 is 4.39 Å². The molecule has 6 rings (SSSR count). The molecule has 9 nitrogen and oxygen atoms in total. The van der Waals surface area contributed by atoms with Crippen molar-refractivity contribution < 1.29 is 13.9 Å². The van der Waals surface area contributed by atoms with Crippen LogP contribution in [0.3, 0.4) is 0 Å². The predicted octanol–water partition coefficient (Wildman–Crippen LogP) is 4.34. The maximum Gasteiger partial charge on any atom is 0.410 e. The average Bonchev–Trinajstić information content (AvgIpc) is 3.39. The van der Waals surface area contributed by atoms with Gasteiger partial charge in [-0.3, -0.25) is 0 Å². The zero-order chi connectivity index (χ0) is 27.5. The molecule has 2 aromatic rings. The minimum atomic E-state index is -0.569. The average molecular weight is 589 g/mol. The molecule has 11 heteroatoms. The van der Waals surface area contributed by atoms with Gasteiger partial charge in [-0.15, -0.1) is 0 Å². The fraction of sp³-hybridized carbons (Fsp3) is 0.593. The van der Waals surface area contributed by atoms with E-state index < -0.39 is 11.4 Å². The lowest BCUT2D eigenvalue weighted by atomic mass is 9.79. The molecule has 4 aliphatic rings. The Balaban J connectivity index is 1.52. The first-order chi connectivity index (χ1) is 17.9. The summed E-state index contributed by atoms with van der Waals surface area (Å²) in [4.78, 5) is 23.6. The Labute approximate surface area is 231 Å². The molecule has 1 saturated carbocycles. The van der Waals surface area contributed by atoms with Crippen LogP contribution in [0.4, 0.5) is 26.4 Å². The van der Waals surface area contributed by atoms with Crippen LogP contribution in [-0.2, 0) is 11.2 Å². The molecule has 0 radical (unpaired) electrons. The number of fused-ring (bicyclic) bond motifs is 2. The van der Waals surface area contributed by atoms with Gasteiger partial charge in [-0.2, -0.15) is 5.26 Å². The normalized spacial score (nSPS) is 22.9. The number of carbonyl (C=O) groups excluding carboxylic acids is 1. The quantitative estimate of drug-likeness (QED) is 0.513. The van der Waals surface area contributed by atoms with Crippen molar-refractivity contribution in [1.29, 1.82) is 5.26 Å². The second-order valence-corrected chi connectivity index (χ2v) is 12.6. The molecule has 4 heterocycles. The lowest BCUT2D eigenvalue weighted by Crippen LogP contribution is -2.58. The summed E-state index contributed by atoms with van der Waals surface area (Å²) in [5, 5.41) is 13.3. The Morgan fingerprint density at radius 3 is 2.71 bits per heavy atom. The van der Waals surface area contributed by atoms with Gasteiger partial charge >= 0.3 is 6.09 Å². The molecule has 1 aliphatic carbocycles. The van der Waals surface area contributed by atoms with Gasteiger partial charge in [0.05, 0.1) is 34.0 Å². The molecule has 1 amide bonds. The summed E-state index contributed by atoms with van der Waals surface area (Å²) in [5.41, 5.74) is 8.22. The Hall–Kier alpha value is -2.84. The topological polar surface area (TPSA) is 111 Å². The van der Waals surface area contributed by atoms with Crippen LogP contribution in [0.1, 0.15) is 39.2 Å². The Morgan fingerprint density at radius 1 is 1.37 bits per heavy atom. The summed E-state index contributed by atoms with van der Waals surface area (Å²) in [6, 6.07) is 4.33. The Kier molecular flexibility index (Phi) is 6.84. The molecule has 0 spiro atoms. The summed E-state index contributed by atoms with van der Waals surface area (Å²) in [6.45, 7) is 7.69. The van der Waals surface area contributed by atoms with Crippen molar-refractivity contribution in [3.63, 3.8) is 0 Å². The molecule has 0 unspecified atom stereocenters. The number of hydrogen-bond acceptors (Lipinski definition) is 8. The minimum Gasteiger partial charge on any atom is -0.444 e. The molecule has 2 bridgehead atoms. The number of aromatic nitrogens is 1. The zero-order valence-corrected chi connectivity index (χ0v) is 24.1. The van der Waals surface area contributed by atoms with Crippen LogP contribution in [0.25, 0.3) is 10.9 Å². The van der Waals surface area contributed by atoms with Gasteiger partial charge in [0, 0.05) is 43.4 Å². The number of halogens is 2. The Bertz CT molecular complexity index is 1320. The number of nitrogens with zero attached hydrogens (tertiary/aromatic N) is 5. The number of aryl methyl sites for hydroxylation is 1. The fourth-order valence-corrected chi connectivity index (χ4v) is 6.15. The maximum atomic E-state index is 15.7. The molecule has 4 fully saturated rings.